The highest BCUT2D eigenvalue weighted by molar-refractivity contribution is 5.80. The van der Waals surface area contributed by atoms with Gasteiger partial charge < -0.3 is 4.74 Å². The SMILES string of the molecule is COc1ccc2nc3nc(C#N)c(=O)[nH]n3c2c1. The Labute approximate surface area is 100 Å². The molecule has 0 bridgehead atoms. The number of rotatable bonds is 1. The van der Waals surface area contributed by atoms with E-state index in [4.69, 9.17) is 10.00 Å². The molecular formula is C11H7N5O2. The number of aromatic amines is 1. The van der Waals surface area contributed by atoms with Crippen molar-refractivity contribution in [3.8, 4) is 11.8 Å². The van der Waals surface area contributed by atoms with Crippen LogP contribution in [0.4, 0.5) is 0 Å². The molecule has 1 aromatic carbocycles. The molecule has 3 rings (SSSR count). The maximum atomic E-state index is 11.5. The quantitative estimate of drug-likeness (QED) is 0.667. The van der Waals surface area contributed by atoms with Gasteiger partial charge in [-0.1, -0.05) is 0 Å². The first-order valence-corrected chi connectivity index (χ1v) is 5.09. The van der Waals surface area contributed by atoms with Crippen LogP contribution in [0.25, 0.3) is 16.8 Å². The highest BCUT2D eigenvalue weighted by Gasteiger charge is 2.10. The number of ether oxygens (including phenoxy) is 1. The second-order valence-corrected chi connectivity index (χ2v) is 3.61. The second kappa shape index (κ2) is 3.56. The van der Waals surface area contributed by atoms with Crippen molar-refractivity contribution in [1.29, 1.82) is 5.26 Å². The molecule has 0 atom stereocenters. The molecule has 0 fully saturated rings. The van der Waals surface area contributed by atoms with E-state index in [1.165, 1.54) is 4.52 Å². The van der Waals surface area contributed by atoms with Crippen LogP contribution >= 0.6 is 0 Å². The zero-order valence-electron chi connectivity index (χ0n) is 9.34. The van der Waals surface area contributed by atoms with E-state index < -0.39 is 5.56 Å². The van der Waals surface area contributed by atoms with E-state index in [1.54, 1.807) is 31.4 Å². The molecule has 7 heteroatoms. The van der Waals surface area contributed by atoms with Crippen molar-refractivity contribution in [2.24, 2.45) is 0 Å². The Balaban J connectivity index is 2.46. The fourth-order valence-corrected chi connectivity index (χ4v) is 1.74. The zero-order valence-corrected chi connectivity index (χ0v) is 9.34. The first kappa shape index (κ1) is 10.3. The Bertz CT molecular complexity index is 855. The monoisotopic (exact) mass is 241 g/mol. The van der Waals surface area contributed by atoms with Crippen LogP contribution in [0.5, 0.6) is 5.75 Å². The van der Waals surface area contributed by atoms with E-state index in [1.807, 2.05) is 0 Å². The number of nitrogens with one attached hydrogen (secondary N) is 1. The van der Waals surface area contributed by atoms with Gasteiger partial charge in [0.15, 0.2) is 0 Å². The summed E-state index contributed by atoms with van der Waals surface area (Å²) in [5.74, 6) is 0.920. The first-order chi connectivity index (χ1) is 8.72. The maximum Gasteiger partial charge on any atom is 0.299 e. The molecular weight excluding hydrogens is 234 g/mol. The van der Waals surface area contributed by atoms with Gasteiger partial charge in [-0.05, 0) is 12.1 Å². The lowest BCUT2D eigenvalue weighted by Crippen LogP contribution is -2.16. The second-order valence-electron chi connectivity index (χ2n) is 3.61. The van der Waals surface area contributed by atoms with Gasteiger partial charge in [-0.2, -0.15) is 10.2 Å². The third-order valence-corrected chi connectivity index (χ3v) is 2.59. The topological polar surface area (TPSA) is 96.1 Å². The van der Waals surface area contributed by atoms with Crippen LogP contribution in [0.15, 0.2) is 23.0 Å². The van der Waals surface area contributed by atoms with Crippen LogP contribution in [0.2, 0.25) is 0 Å². The Kier molecular flexibility index (Phi) is 2.04. The highest BCUT2D eigenvalue weighted by atomic mass is 16.5. The first-order valence-electron chi connectivity index (χ1n) is 5.09. The summed E-state index contributed by atoms with van der Waals surface area (Å²) in [5.41, 5.74) is 0.573. The Hall–Kier alpha value is -2.88. The minimum atomic E-state index is -0.549. The van der Waals surface area contributed by atoms with Crippen molar-refractivity contribution in [3.05, 3.63) is 34.2 Å². The molecule has 0 aliphatic rings. The number of fused-ring (bicyclic) bond motifs is 3. The van der Waals surface area contributed by atoms with Crippen molar-refractivity contribution in [2.75, 3.05) is 7.11 Å². The molecule has 0 aliphatic carbocycles. The summed E-state index contributed by atoms with van der Waals surface area (Å²) in [4.78, 5) is 19.6. The third-order valence-electron chi connectivity index (χ3n) is 2.59. The molecule has 0 unspecified atom stereocenters. The normalized spacial score (nSPS) is 10.7. The molecule has 0 amide bonds. The van der Waals surface area contributed by atoms with Crippen molar-refractivity contribution in [1.82, 2.24) is 19.6 Å². The minimum Gasteiger partial charge on any atom is -0.497 e. The van der Waals surface area contributed by atoms with E-state index in [0.717, 1.165) is 0 Å². The number of benzene rings is 1. The van der Waals surface area contributed by atoms with E-state index in [9.17, 15) is 4.79 Å². The number of methoxy groups -OCH3 is 1. The van der Waals surface area contributed by atoms with Gasteiger partial charge in [0.1, 0.15) is 11.8 Å². The molecule has 3 aromatic rings. The molecule has 2 heterocycles. The van der Waals surface area contributed by atoms with Crippen molar-refractivity contribution in [2.45, 2.75) is 0 Å². The summed E-state index contributed by atoms with van der Waals surface area (Å²) in [6, 6.07) is 6.98. The largest absolute Gasteiger partial charge is 0.497 e. The van der Waals surface area contributed by atoms with Crippen molar-refractivity contribution >= 4 is 16.8 Å². The van der Waals surface area contributed by atoms with Gasteiger partial charge in [-0.25, -0.2) is 9.50 Å². The van der Waals surface area contributed by atoms with Crippen LogP contribution in [-0.2, 0) is 0 Å². The maximum absolute atomic E-state index is 11.5. The predicted octanol–water partition coefficient (Wildman–Crippen LogP) is 0.451. The average Bonchev–Trinajstić information content (AvgIpc) is 2.74. The van der Waals surface area contributed by atoms with Crippen LogP contribution in [0.3, 0.4) is 0 Å². The standard InChI is InChI=1S/C11H7N5O2/c1-18-6-2-3-7-9(4-6)16-11(13-7)14-8(5-12)10(17)15-16/h2-4H,1H3,(H,15,17). The van der Waals surface area contributed by atoms with Crippen molar-refractivity contribution < 1.29 is 4.74 Å². The van der Waals surface area contributed by atoms with Crippen LogP contribution in [-0.4, -0.2) is 26.7 Å². The van der Waals surface area contributed by atoms with E-state index in [0.29, 0.717) is 16.8 Å². The zero-order chi connectivity index (χ0) is 12.7. The van der Waals surface area contributed by atoms with E-state index in [2.05, 4.69) is 15.1 Å². The summed E-state index contributed by atoms with van der Waals surface area (Å²) < 4.78 is 6.54. The van der Waals surface area contributed by atoms with Gasteiger partial charge in [0, 0.05) is 6.07 Å². The van der Waals surface area contributed by atoms with Gasteiger partial charge in [-0.15, -0.1) is 0 Å². The van der Waals surface area contributed by atoms with Gasteiger partial charge >= 0.3 is 0 Å². The van der Waals surface area contributed by atoms with Crippen LogP contribution in [0, 0.1) is 11.3 Å². The molecule has 0 saturated carbocycles. The number of H-pyrrole nitrogens is 1. The molecule has 0 aliphatic heterocycles. The van der Waals surface area contributed by atoms with Gasteiger partial charge in [0.25, 0.3) is 11.3 Å². The highest BCUT2D eigenvalue weighted by Crippen LogP contribution is 2.19. The Morgan fingerprint density at radius 1 is 1.44 bits per heavy atom. The molecule has 2 aromatic heterocycles. The lowest BCUT2D eigenvalue weighted by atomic mass is 10.3. The fourth-order valence-electron chi connectivity index (χ4n) is 1.74. The number of nitrogens with zero attached hydrogens (tertiary/aromatic N) is 4. The molecule has 88 valence electrons. The molecule has 1 N–H and O–H groups in total. The smallest absolute Gasteiger partial charge is 0.299 e. The summed E-state index contributed by atoms with van der Waals surface area (Å²) in [7, 11) is 1.55. The molecule has 0 saturated heterocycles. The van der Waals surface area contributed by atoms with Gasteiger partial charge in [0.05, 0.1) is 18.1 Å². The number of nitriles is 1. The van der Waals surface area contributed by atoms with Crippen LogP contribution < -0.4 is 10.3 Å². The van der Waals surface area contributed by atoms with E-state index in [-0.39, 0.29) is 11.5 Å². The van der Waals surface area contributed by atoms with Gasteiger partial charge in [0.2, 0.25) is 5.69 Å². The number of hydrogen-bond donors (Lipinski definition) is 1. The van der Waals surface area contributed by atoms with Crippen molar-refractivity contribution in [3.63, 3.8) is 0 Å². The molecule has 0 spiro atoms. The van der Waals surface area contributed by atoms with E-state index >= 15 is 0 Å². The lowest BCUT2D eigenvalue weighted by Gasteiger charge is -1.99. The fraction of sp³-hybridized carbons (Fsp3) is 0.0909. The Morgan fingerprint density at radius 3 is 3.00 bits per heavy atom. The third kappa shape index (κ3) is 1.33. The molecule has 7 nitrogen and oxygen atoms in total. The Morgan fingerprint density at radius 2 is 2.28 bits per heavy atom. The average molecular weight is 241 g/mol. The predicted molar refractivity (Wildman–Crippen MR) is 62.4 cm³/mol. The molecule has 18 heavy (non-hydrogen) atoms. The number of aromatic nitrogens is 4. The number of imidazole rings is 1. The number of hydrogen-bond acceptors (Lipinski definition) is 5. The summed E-state index contributed by atoms with van der Waals surface area (Å²) in [6.45, 7) is 0. The van der Waals surface area contributed by atoms with Gasteiger partial charge in [-0.3, -0.25) is 9.89 Å². The lowest BCUT2D eigenvalue weighted by molar-refractivity contribution is 0.415. The summed E-state index contributed by atoms with van der Waals surface area (Å²) >= 11 is 0. The molecule has 0 radical (unpaired) electrons. The summed E-state index contributed by atoms with van der Waals surface area (Å²) in [6.07, 6.45) is 0. The summed E-state index contributed by atoms with van der Waals surface area (Å²) in [5, 5.41) is 11.3. The van der Waals surface area contributed by atoms with Crippen LogP contribution in [0.1, 0.15) is 5.69 Å². The minimum absolute atomic E-state index is 0.204.